The number of nitrogens with zero attached hydrogens (tertiary/aromatic N) is 1. The molecule has 6 aliphatic carbocycles. The van der Waals surface area contributed by atoms with Crippen molar-refractivity contribution in [2.75, 3.05) is 13.1 Å². The minimum Gasteiger partial charge on any atom is -0.463 e. The van der Waals surface area contributed by atoms with Crippen LogP contribution in [0.25, 0.3) is 0 Å². The van der Waals surface area contributed by atoms with Gasteiger partial charge in [-0.3, -0.25) is 9.69 Å². The predicted octanol–water partition coefficient (Wildman–Crippen LogP) is 0.697. The van der Waals surface area contributed by atoms with Gasteiger partial charge in [0.2, 0.25) is 0 Å². The molecule has 9 fully saturated rings. The molecule has 6 heteroatoms. The van der Waals surface area contributed by atoms with E-state index in [0.29, 0.717) is 24.7 Å². The molecule has 3 aliphatic heterocycles. The number of rotatable bonds is 1. The summed E-state index contributed by atoms with van der Waals surface area (Å²) in [5.41, 5.74) is -1.12. The first-order valence-electron chi connectivity index (χ1n) is 11.3. The van der Waals surface area contributed by atoms with Crippen LogP contribution in [0.3, 0.4) is 0 Å². The van der Waals surface area contributed by atoms with Gasteiger partial charge in [0.15, 0.2) is 0 Å². The Labute approximate surface area is 170 Å². The monoisotopic (exact) mass is 401 g/mol. The van der Waals surface area contributed by atoms with Gasteiger partial charge in [-0.05, 0) is 42.9 Å². The summed E-state index contributed by atoms with van der Waals surface area (Å²) in [6.07, 6.45) is 1.28. The first-order valence-corrected chi connectivity index (χ1v) is 11.3. The molecule has 0 aromatic heterocycles. The van der Waals surface area contributed by atoms with E-state index < -0.39 is 29.1 Å². The lowest BCUT2D eigenvalue weighted by atomic mass is 9.35. The standard InChI is InChI=1S/C23H31NO5/c1-10-4-21-5-12-8-24-9-20(3)6-13(29-11(2)25)7-22(16(12)20)17(21)15(26)14(10)18(27)23(21,28)19(22)24/h12-19,26-28H,1,4-9H2,2-3H3/t12-,13+,14-,15-,16?,17?,18?,19?,20+,21?,22+,23?/m1/s1. The van der Waals surface area contributed by atoms with Crippen molar-refractivity contribution in [2.45, 2.75) is 69.5 Å². The Balaban J connectivity index is 1.51. The van der Waals surface area contributed by atoms with Crippen LogP contribution in [0.1, 0.15) is 39.5 Å². The number of aliphatic hydroxyl groups excluding tert-OH is 2. The molecule has 0 aromatic carbocycles. The molecular weight excluding hydrogens is 370 g/mol. The number of hydrogen-bond acceptors (Lipinski definition) is 6. The molecule has 7 unspecified atom stereocenters. The SMILES string of the molecule is C=C1CC23C[C@@H]4CN5C[C@]6(C)C[C@H](OC(C)=O)C[C@@]7(C2[C@H](O)[C@@H]1C(O)C3(O)C57)C46. The summed E-state index contributed by atoms with van der Waals surface area (Å²) in [6, 6.07) is -0.169. The number of carbonyl (C=O) groups is 1. The number of aliphatic hydroxyl groups is 3. The van der Waals surface area contributed by atoms with Gasteiger partial charge in [-0.2, -0.15) is 0 Å². The highest BCUT2D eigenvalue weighted by atomic mass is 16.5. The van der Waals surface area contributed by atoms with Gasteiger partial charge in [0, 0.05) is 48.7 Å². The Morgan fingerprint density at radius 3 is 2.72 bits per heavy atom. The zero-order valence-corrected chi connectivity index (χ0v) is 17.2. The molecule has 3 N–H and O–H groups in total. The maximum absolute atomic E-state index is 12.4. The molecule has 6 nitrogen and oxygen atoms in total. The van der Waals surface area contributed by atoms with E-state index in [9.17, 15) is 20.1 Å². The minimum absolute atomic E-state index is 0.00809. The second kappa shape index (κ2) is 4.62. The third-order valence-corrected chi connectivity index (χ3v) is 10.8. The van der Waals surface area contributed by atoms with Crippen LogP contribution in [0, 0.1) is 39.9 Å². The molecule has 3 saturated heterocycles. The number of carbonyl (C=O) groups excluding carboxylic acids is 1. The summed E-state index contributed by atoms with van der Waals surface area (Å²) in [5.74, 6) is 0.0806. The first kappa shape index (κ1) is 17.7. The van der Waals surface area contributed by atoms with E-state index in [0.717, 1.165) is 31.5 Å². The van der Waals surface area contributed by atoms with Gasteiger partial charge < -0.3 is 20.1 Å². The Morgan fingerprint density at radius 2 is 2.00 bits per heavy atom. The Hall–Kier alpha value is -0.950. The lowest BCUT2D eigenvalue weighted by molar-refractivity contribution is -0.284. The topological polar surface area (TPSA) is 90.2 Å². The van der Waals surface area contributed by atoms with Gasteiger partial charge in [0.1, 0.15) is 11.7 Å². The minimum atomic E-state index is -1.22. The molecule has 6 saturated carbocycles. The number of piperidine rings is 3. The maximum atomic E-state index is 12.4. The van der Waals surface area contributed by atoms with Crippen LogP contribution in [0.2, 0.25) is 0 Å². The Bertz CT molecular complexity index is 875. The maximum Gasteiger partial charge on any atom is 0.302 e. The molecule has 13 atom stereocenters. The molecule has 2 spiro atoms. The second-order valence-corrected chi connectivity index (χ2v) is 11.9. The normalized spacial score (nSPS) is 67.8. The summed E-state index contributed by atoms with van der Waals surface area (Å²) in [4.78, 5) is 14.3. The summed E-state index contributed by atoms with van der Waals surface area (Å²) >= 11 is 0. The zero-order chi connectivity index (χ0) is 20.3. The van der Waals surface area contributed by atoms with Crippen LogP contribution in [0.5, 0.6) is 0 Å². The predicted molar refractivity (Wildman–Crippen MR) is 102 cm³/mol. The smallest absolute Gasteiger partial charge is 0.302 e. The fraction of sp³-hybridized carbons (Fsp3) is 0.870. The molecule has 3 heterocycles. The van der Waals surface area contributed by atoms with Crippen molar-refractivity contribution < 1.29 is 24.9 Å². The highest BCUT2D eigenvalue weighted by Gasteiger charge is 2.92. The van der Waals surface area contributed by atoms with Crippen LogP contribution >= 0.6 is 0 Å². The highest BCUT2D eigenvalue weighted by Crippen LogP contribution is 2.86. The summed E-state index contributed by atoms with van der Waals surface area (Å²) in [5, 5.41) is 35.5. The summed E-state index contributed by atoms with van der Waals surface area (Å²) < 4.78 is 5.80. The van der Waals surface area contributed by atoms with Crippen molar-refractivity contribution in [2.24, 2.45) is 39.9 Å². The van der Waals surface area contributed by atoms with Gasteiger partial charge in [-0.25, -0.2) is 0 Å². The largest absolute Gasteiger partial charge is 0.463 e. The Kier molecular flexibility index (Phi) is 2.82. The number of ether oxygens (including phenoxy) is 1. The Morgan fingerprint density at radius 1 is 1.24 bits per heavy atom. The van der Waals surface area contributed by atoms with Crippen molar-refractivity contribution >= 4 is 5.97 Å². The van der Waals surface area contributed by atoms with Gasteiger partial charge in [-0.15, -0.1) is 0 Å². The van der Waals surface area contributed by atoms with Gasteiger partial charge in [0.25, 0.3) is 0 Å². The van der Waals surface area contributed by atoms with Crippen LogP contribution < -0.4 is 0 Å². The molecule has 9 bridgehead atoms. The molecule has 9 rings (SSSR count). The van der Waals surface area contributed by atoms with E-state index >= 15 is 0 Å². The van der Waals surface area contributed by atoms with E-state index in [1.807, 2.05) is 0 Å². The molecule has 29 heavy (non-hydrogen) atoms. The van der Waals surface area contributed by atoms with Crippen LogP contribution in [0.15, 0.2) is 12.2 Å². The van der Waals surface area contributed by atoms with E-state index in [-0.39, 0.29) is 34.9 Å². The average molecular weight is 402 g/mol. The number of hydrogen-bond donors (Lipinski definition) is 3. The molecule has 9 aliphatic rings. The second-order valence-electron chi connectivity index (χ2n) is 11.9. The van der Waals surface area contributed by atoms with Crippen LogP contribution in [-0.2, 0) is 9.53 Å². The van der Waals surface area contributed by atoms with Crippen LogP contribution in [0.4, 0.5) is 0 Å². The van der Waals surface area contributed by atoms with Crippen LogP contribution in [-0.4, -0.2) is 69.2 Å². The lowest BCUT2D eigenvalue weighted by Crippen LogP contribution is -2.77. The van der Waals surface area contributed by atoms with Crippen molar-refractivity contribution in [3.8, 4) is 0 Å². The molecule has 0 aromatic rings. The number of fused-ring (bicyclic) bond motifs is 1. The van der Waals surface area contributed by atoms with Gasteiger partial charge in [0.05, 0.1) is 12.2 Å². The number of esters is 1. The summed E-state index contributed by atoms with van der Waals surface area (Å²) in [6.45, 7) is 9.87. The lowest BCUT2D eigenvalue weighted by Gasteiger charge is -2.74. The third kappa shape index (κ3) is 1.48. The van der Waals surface area contributed by atoms with E-state index in [4.69, 9.17) is 4.74 Å². The third-order valence-electron chi connectivity index (χ3n) is 10.8. The van der Waals surface area contributed by atoms with Gasteiger partial charge >= 0.3 is 5.97 Å². The van der Waals surface area contributed by atoms with E-state index in [2.05, 4.69) is 18.4 Å². The summed E-state index contributed by atoms with van der Waals surface area (Å²) in [7, 11) is 0. The zero-order valence-electron chi connectivity index (χ0n) is 17.2. The van der Waals surface area contributed by atoms with Crippen molar-refractivity contribution in [3.63, 3.8) is 0 Å². The molecule has 0 radical (unpaired) electrons. The van der Waals surface area contributed by atoms with Crippen molar-refractivity contribution in [1.29, 1.82) is 0 Å². The quantitative estimate of drug-likeness (QED) is 0.443. The van der Waals surface area contributed by atoms with E-state index in [1.165, 1.54) is 6.92 Å². The van der Waals surface area contributed by atoms with Crippen molar-refractivity contribution in [1.82, 2.24) is 4.90 Å². The highest BCUT2D eigenvalue weighted by molar-refractivity contribution is 5.66. The fourth-order valence-electron chi connectivity index (χ4n) is 11.4. The van der Waals surface area contributed by atoms with Crippen molar-refractivity contribution in [3.05, 3.63) is 12.2 Å². The molecule has 0 amide bonds. The van der Waals surface area contributed by atoms with Gasteiger partial charge in [-0.1, -0.05) is 19.1 Å². The van der Waals surface area contributed by atoms with E-state index in [1.54, 1.807) is 0 Å². The molecule has 158 valence electrons. The first-order chi connectivity index (χ1) is 13.6. The molecular formula is C23H31NO5. The fourth-order valence-corrected chi connectivity index (χ4v) is 11.4. The average Bonchev–Trinajstić information content (AvgIpc) is 2.61.